The van der Waals surface area contributed by atoms with E-state index in [-0.39, 0.29) is 24.0 Å². The van der Waals surface area contributed by atoms with Crippen molar-refractivity contribution >= 4 is 23.4 Å². The molecular formula is C24H21FN4O2S. The van der Waals surface area contributed by atoms with E-state index in [1.807, 2.05) is 66.1 Å². The highest BCUT2D eigenvalue weighted by molar-refractivity contribution is 7.99. The fourth-order valence-electron chi connectivity index (χ4n) is 2.99. The van der Waals surface area contributed by atoms with Crippen LogP contribution in [-0.4, -0.2) is 26.4 Å². The maximum Gasteiger partial charge on any atom is 0.234 e. The smallest absolute Gasteiger partial charge is 0.234 e. The molecule has 0 aliphatic carbocycles. The molecule has 0 saturated heterocycles. The Morgan fingerprint density at radius 2 is 1.72 bits per heavy atom. The quantitative estimate of drug-likeness (QED) is 0.383. The van der Waals surface area contributed by atoms with Gasteiger partial charge < -0.3 is 10.1 Å². The van der Waals surface area contributed by atoms with Gasteiger partial charge in [0.1, 0.15) is 18.2 Å². The molecule has 0 radical (unpaired) electrons. The van der Waals surface area contributed by atoms with Crippen molar-refractivity contribution < 1.29 is 13.9 Å². The molecule has 1 N–H and O–H groups in total. The van der Waals surface area contributed by atoms with Gasteiger partial charge in [0.05, 0.1) is 11.4 Å². The van der Waals surface area contributed by atoms with Crippen LogP contribution in [0, 0.1) is 12.7 Å². The second-order valence-corrected chi connectivity index (χ2v) is 7.93. The second-order valence-electron chi connectivity index (χ2n) is 6.99. The topological polar surface area (TPSA) is 69.0 Å². The number of aromatic nitrogens is 3. The van der Waals surface area contributed by atoms with E-state index in [1.54, 1.807) is 12.1 Å². The zero-order chi connectivity index (χ0) is 22.3. The Morgan fingerprint density at radius 1 is 1.00 bits per heavy atom. The summed E-state index contributed by atoms with van der Waals surface area (Å²) in [5.41, 5.74) is 2.16. The lowest BCUT2D eigenvalue weighted by Crippen LogP contribution is -2.15. The number of para-hydroxylation sites is 2. The monoisotopic (exact) mass is 448 g/mol. The number of nitrogens with one attached hydrogen (secondary N) is 1. The number of halogens is 1. The molecule has 4 rings (SSSR count). The Bertz CT molecular complexity index is 1200. The molecule has 4 aromatic rings. The van der Waals surface area contributed by atoms with Gasteiger partial charge in [-0.15, -0.1) is 10.2 Å². The lowest BCUT2D eigenvalue weighted by Gasteiger charge is -2.11. The molecule has 8 heteroatoms. The standard InChI is InChI=1S/C24H21FN4O2S/c1-17-11-13-19(14-12-17)31-15-22-27-28-24(29(22)18-7-3-2-4-8-18)32-16-23(30)26-21-10-6-5-9-20(21)25/h2-14H,15-16H2,1H3,(H,26,30). The van der Waals surface area contributed by atoms with Gasteiger partial charge in [-0.2, -0.15) is 0 Å². The molecule has 162 valence electrons. The van der Waals surface area contributed by atoms with Crippen LogP contribution in [0.4, 0.5) is 10.1 Å². The number of aryl methyl sites for hydroxylation is 1. The average Bonchev–Trinajstić information content (AvgIpc) is 3.22. The summed E-state index contributed by atoms with van der Waals surface area (Å²) < 4.78 is 21.5. The van der Waals surface area contributed by atoms with E-state index in [9.17, 15) is 9.18 Å². The van der Waals surface area contributed by atoms with Crippen LogP contribution in [0.25, 0.3) is 5.69 Å². The summed E-state index contributed by atoms with van der Waals surface area (Å²) in [5, 5.41) is 11.7. The number of carbonyl (C=O) groups is 1. The van der Waals surface area contributed by atoms with Gasteiger partial charge in [-0.05, 0) is 43.3 Å². The van der Waals surface area contributed by atoms with Crippen LogP contribution in [-0.2, 0) is 11.4 Å². The Hall–Kier alpha value is -3.65. The molecule has 0 aliphatic heterocycles. The third-order valence-electron chi connectivity index (χ3n) is 4.58. The number of thioether (sulfide) groups is 1. The number of hydrogen-bond donors (Lipinski definition) is 1. The number of ether oxygens (including phenoxy) is 1. The van der Waals surface area contributed by atoms with Gasteiger partial charge in [0.25, 0.3) is 0 Å². The largest absolute Gasteiger partial charge is 0.486 e. The Labute approximate surface area is 189 Å². The van der Waals surface area contributed by atoms with E-state index in [0.29, 0.717) is 11.0 Å². The minimum atomic E-state index is -0.478. The van der Waals surface area contributed by atoms with E-state index >= 15 is 0 Å². The van der Waals surface area contributed by atoms with Gasteiger partial charge >= 0.3 is 0 Å². The molecule has 1 aromatic heterocycles. The first-order chi connectivity index (χ1) is 15.6. The number of hydrogen-bond acceptors (Lipinski definition) is 5. The van der Waals surface area contributed by atoms with E-state index in [4.69, 9.17) is 4.74 Å². The van der Waals surface area contributed by atoms with Gasteiger partial charge in [0.15, 0.2) is 11.0 Å². The predicted molar refractivity (Wildman–Crippen MR) is 123 cm³/mol. The Morgan fingerprint density at radius 3 is 2.47 bits per heavy atom. The number of rotatable bonds is 8. The molecule has 0 bridgehead atoms. The van der Waals surface area contributed by atoms with Crippen molar-refractivity contribution in [2.75, 3.05) is 11.1 Å². The predicted octanol–water partition coefficient (Wildman–Crippen LogP) is 5.02. The summed E-state index contributed by atoms with van der Waals surface area (Å²) >= 11 is 1.22. The average molecular weight is 449 g/mol. The highest BCUT2D eigenvalue weighted by Crippen LogP contribution is 2.24. The van der Waals surface area contributed by atoms with E-state index in [1.165, 1.54) is 23.9 Å². The second kappa shape index (κ2) is 10.1. The van der Waals surface area contributed by atoms with Crippen molar-refractivity contribution in [2.45, 2.75) is 18.7 Å². The molecule has 0 fully saturated rings. The van der Waals surface area contributed by atoms with Crippen molar-refractivity contribution in [3.8, 4) is 11.4 Å². The van der Waals surface area contributed by atoms with Crippen LogP contribution in [0.1, 0.15) is 11.4 Å². The lowest BCUT2D eigenvalue weighted by molar-refractivity contribution is -0.113. The summed E-state index contributed by atoms with van der Waals surface area (Å²) in [6, 6.07) is 23.4. The maximum atomic E-state index is 13.8. The molecule has 32 heavy (non-hydrogen) atoms. The lowest BCUT2D eigenvalue weighted by atomic mass is 10.2. The van der Waals surface area contributed by atoms with E-state index in [0.717, 1.165) is 17.0 Å². The zero-order valence-electron chi connectivity index (χ0n) is 17.4. The molecule has 1 amide bonds. The van der Waals surface area contributed by atoms with Crippen molar-refractivity contribution in [2.24, 2.45) is 0 Å². The summed E-state index contributed by atoms with van der Waals surface area (Å²) in [6.07, 6.45) is 0. The summed E-state index contributed by atoms with van der Waals surface area (Å²) in [6.45, 7) is 2.23. The summed E-state index contributed by atoms with van der Waals surface area (Å²) in [7, 11) is 0. The van der Waals surface area contributed by atoms with Gasteiger partial charge in [-0.25, -0.2) is 4.39 Å². The zero-order valence-corrected chi connectivity index (χ0v) is 18.2. The molecule has 3 aromatic carbocycles. The number of nitrogens with zero attached hydrogens (tertiary/aromatic N) is 3. The Balaban J connectivity index is 1.49. The van der Waals surface area contributed by atoms with E-state index < -0.39 is 5.82 Å². The van der Waals surface area contributed by atoms with Crippen LogP contribution in [0.2, 0.25) is 0 Å². The first kappa shape index (κ1) is 21.6. The van der Waals surface area contributed by atoms with Crippen molar-refractivity contribution in [3.63, 3.8) is 0 Å². The number of benzene rings is 3. The summed E-state index contributed by atoms with van der Waals surface area (Å²) in [5.74, 6) is 0.581. The molecule has 0 spiro atoms. The number of anilines is 1. The molecule has 0 aliphatic rings. The first-order valence-corrected chi connectivity index (χ1v) is 10.9. The fraction of sp³-hybridized carbons (Fsp3) is 0.125. The third kappa shape index (κ3) is 5.33. The third-order valence-corrected chi connectivity index (χ3v) is 5.51. The van der Waals surface area contributed by atoms with Crippen molar-refractivity contribution in [1.29, 1.82) is 0 Å². The molecule has 1 heterocycles. The van der Waals surface area contributed by atoms with Crippen LogP contribution in [0.5, 0.6) is 5.75 Å². The van der Waals surface area contributed by atoms with Crippen LogP contribution in [0.3, 0.4) is 0 Å². The SMILES string of the molecule is Cc1ccc(OCc2nnc(SCC(=O)Nc3ccccc3F)n2-c2ccccc2)cc1. The number of carbonyl (C=O) groups excluding carboxylic acids is 1. The summed E-state index contributed by atoms with van der Waals surface area (Å²) in [4.78, 5) is 12.4. The molecule has 0 atom stereocenters. The highest BCUT2D eigenvalue weighted by atomic mass is 32.2. The Kier molecular flexibility index (Phi) is 6.81. The minimum absolute atomic E-state index is 0.0537. The molecular weight excluding hydrogens is 427 g/mol. The van der Waals surface area contributed by atoms with Gasteiger partial charge in [-0.3, -0.25) is 9.36 Å². The molecule has 0 saturated carbocycles. The normalized spacial score (nSPS) is 10.7. The highest BCUT2D eigenvalue weighted by Gasteiger charge is 2.17. The van der Waals surface area contributed by atoms with Crippen molar-refractivity contribution in [1.82, 2.24) is 14.8 Å². The van der Waals surface area contributed by atoms with Gasteiger partial charge in [0.2, 0.25) is 5.91 Å². The van der Waals surface area contributed by atoms with Gasteiger partial charge in [0, 0.05) is 5.69 Å². The maximum absolute atomic E-state index is 13.8. The number of amides is 1. The van der Waals surface area contributed by atoms with Crippen LogP contribution >= 0.6 is 11.8 Å². The van der Waals surface area contributed by atoms with Gasteiger partial charge in [-0.1, -0.05) is 59.8 Å². The van der Waals surface area contributed by atoms with Crippen LogP contribution < -0.4 is 10.1 Å². The van der Waals surface area contributed by atoms with Crippen molar-refractivity contribution in [3.05, 3.63) is 96.1 Å². The van der Waals surface area contributed by atoms with E-state index in [2.05, 4.69) is 15.5 Å². The minimum Gasteiger partial charge on any atom is -0.486 e. The molecule has 6 nitrogen and oxygen atoms in total. The van der Waals surface area contributed by atoms with Crippen LogP contribution in [0.15, 0.2) is 84.0 Å². The fourth-order valence-corrected chi connectivity index (χ4v) is 3.76. The first-order valence-electron chi connectivity index (χ1n) is 9.96. The molecule has 0 unspecified atom stereocenters.